The Bertz CT molecular complexity index is 674. The summed E-state index contributed by atoms with van der Waals surface area (Å²) >= 11 is 0. The maximum atomic E-state index is 12.8. The van der Waals surface area contributed by atoms with Crippen LogP contribution in [-0.4, -0.2) is 47.2 Å². The third-order valence-electron chi connectivity index (χ3n) is 5.26. The number of carbonyl (C=O) groups excluding carboxylic acids is 1. The number of likely N-dealkylation sites (tertiary alicyclic amines) is 1. The molecule has 2 fully saturated rings. The first kappa shape index (κ1) is 15.2. The number of nitrogens with zero attached hydrogens (tertiary/aromatic N) is 3. The smallest absolute Gasteiger partial charge is 0.253 e. The van der Waals surface area contributed by atoms with E-state index in [9.17, 15) is 4.79 Å². The second-order valence-electron chi connectivity index (χ2n) is 6.84. The Kier molecular flexibility index (Phi) is 4.24. The van der Waals surface area contributed by atoms with Gasteiger partial charge in [0.25, 0.3) is 5.91 Å². The van der Waals surface area contributed by atoms with Crippen molar-refractivity contribution in [2.45, 2.75) is 31.6 Å². The van der Waals surface area contributed by atoms with Crippen molar-refractivity contribution in [1.82, 2.24) is 15.1 Å². The van der Waals surface area contributed by atoms with Crippen LogP contribution >= 0.6 is 0 Å². The van der Waals surface area contributed by atoms with Gasteiger partial charge in [0.1, 0.15) is 0 Å². The predicted octanol–water partition coefficient (Wildman–Crippen LogP) is 3.03. The van der Waals surface area contributed by atoms with Gasteiger partial charge in [-0.2, -0.15) is 5.10 Å². The number of aromatic amines is 1. The number of H-pyrrole nitrogens is 1. The molecule has 0 spiro atoms. The normalized spacial score (nSPS) is 21.2. The maximum Gasteiger partial charge on any atom is 0.253 e. The monoisotopic (exact) mass is 324 g/mol. The minimum atomic E-state index is 0.146. The van der Waals surface area contributed by atoms with Crippen LogP contribution < -0.4 is 4.90 Å². The molecule has 4 rings (SSSR count). The maximum absolute atomic E-state index is 12.8. The minimum absolute atomic E-state index is 0.146. The van der Waals surface area contributed by atoms with E-state index in [0.29, 0.717) is 5.92 Å². The first-order valence-electron chi connectivity index (χ1n) is 8.95. The van der Waals surface area contributed by atoms with Crippen molar-refractivity contribution in [3.63, 3.8) is 0 Å². The molecule has 1 N–H and O–H groups in total. The number of hydrogen-bond donors (Lipinski definition) is 1. The lowest BCUT2D eigenvalue weighted by molar-refractivity contribution is 0.0706. The molecule has 24 heavy (non-hydrogen) atoms. The third-order valence-corrected chi connectivity index (χ3v) is 5.26. The van der Waals surface area contributed by atoms with E-state index in [0.717, 1.165) is 50.3 Å². The Hall–Kier alpha value is -2.30. The zero-order valence-electron chi connectivity index (χ0n) is 13.9. The Morgan fingerprint density at radius 2 is 1.83 bits per heavy atom. The van der Waals surface area contributed by atoms with Crippen molar-refractivity contribution in [1.29, 1.82) is 0 Å². The Morgan fingerprint density at radius 1 is 1.04 bits per heavy atom. The van der Waals surface area contributed by atoms with Crippen LogP contribution in [0.25, 0.3) is 0 Å². The molecule has 3 heterocycles. The standard InChI is InChI=1S/C19H24N4O/c24-19(15-5-7-17(8-6-15)22-11-1-2-12-22)23-13-3-4-16(14-23)18-9-10-20-21-18/h5-10,16H,1-4,11-14H2,(H,20,21)/t16-/m0/s1. The van der Waals surface area contributed by atoms with Crippen LogP contribution in [0, 0.1) is 0 Å². The molecule has 0 aliphatic carbocycles. The second-order valence-corrected chi connectivity index (χ2v) is 6.84. The summed E-state index contributed by atoms with van der Waals surface area (Å²) < 4.78 is 0. The largest absolute Gasteiger partial charge is 0.372 e. The molecule has 5 heteroatoms. The van der Waals surface area contributed by atoms with E-state index in [2.05, 4.69) is 27.2 Å². The highest BCUT2D eigenvalue weighted by Crippen LogP contribution is 2.27. The van der Waals surface area contributed by atoms with Crippen LogP contribution in [0.4, 0.5) is 5.69 Å². The lowest BCUT2D eigenvalue weighted by Crippen LogP contribution is -2.39. The molecule has 0 unspecified atom stereocenters. The van der Waals surface area contributed by atoms with E-state index in [1.54, 1.807) is 6.20 Å². The van der Waals surface area contributed by atoms with E-state index < -0.39 is 0 Å². The summed E-state index contributed by atoms with van der Waals surface area (Å²) in [6, 6.07) is 10.2. The average Bonchev–Trinajstić information content (AvgIpc) is 3.35. The number of amides is 1. The van der Waals surface area contributed by atoms with E-state index in [-0.39, 0.29) is 5.91 Å². The molecule has 1 aromatic carbocycles. The van der Waals surface area contributed by atoms with Gasteiger partial charge in [0.2, 0.25) is 0 Å². The lowest BCUT2D eigenvalue weighted by atomic mass is 9.94. The summed E-state index contributed by atoms with van der Waals surface area (Å²) in [5.74, 6) is 0.515. The molecule has 2 aliphatic heterocycles. The van der Waals surface area contributed by atoms with Gasteiger partial charge in [-0.1, -0.05) is 0 Å². The molecule has 2 aromatic rings. The fourth-order valence-corrected chi connectivity index (χ4v) is 3.88. The van der Waals surface area contributed by atoms with Crippen LogP contribution in [0.1, 0.15) is 47.7 Å². The van der Waals surface area contributed by atoms with Gasteiger partial charge >= 0.3 is 0 Å². The van der Waals surface area contributed by atoms with Crippen LogP contribution in [-0.2, 0) is 0 Å². The number of piperidine rings is 1. The quantitative estimate of drug-likeness (QED) is 0.944. The van der Waals surface area contributed by atoms with Crippen LogP contribution in [0.2, 0.25) is 0 Å². The highest BCUT2D eigenvalue weighted by Gasteiger charge is 2.26. The highest BCUT2D eigenvalue weighted by molar-refractivity contribution is 5.94. The topological polar surface area (TPSA) is 52.2 Å². The van der Waals surface area contributed by atoms with E-state index in [4.69, 9.17) is 0 Å². The molecule has 0 saturated carbocycles. The number of rotatable bonds is 3. The molecule has 0 bridgehead atoms. The van der Waals surface area contributed by atoms with Crippen LogP contribution in [0.5, 0.6) is 0 Å². The molecule has 126 valence electrons. The van der Waals surface area contributed by atoms with Crippen molar-refractivity contribution < 1.29 is 4.79 Å². The molecule has 2 saturated heterocycles. The number of benzene rings is 1. The summed E-state index contributed by atoms with van der Waals surface area (Å²) in [5, 5.41) is 7.09. The summed E-state index contributed by atoms with van der Waals surface area (Å²) in [6.45, 7) is 3.88. The van der Waals surface area contributed by atoms with E-state index in [1.807, 2.05) is 23.1 Å². The first-order valence-corrected chi connectivity index (χ1v) is 8.95. The average molecular weight is 324 g/mol. The second kappa shape index (κ2) is 6.67. The number of carbonyl (C=O) groups is 1. The van der Waals surface area contributed by atoms with Crippen LogP contribution in [0.3, 0.4) is 0 Å². The molecule has 2 aliphatic rings. The fourth-order valence-electron chi connectivity index (χ4n) is 3.88. The number of aromatic nitrogens is 2. The van der Waals surface area contributed by atoms with Crippen LogP contribution in [0.15, 0.2) is 36.5 Å². The van der Waals surface area contributed by atoms with Gasteiger partial charge in [0.15, 0.2) is 0 Å². The van der Waals surface area contributed by atoms with Crippen molar-refractivity contribution >= 4 is 11.6 Å². The molecular weight excluding hydrogens is 300 g/mol. The predicted molar refractivity (Wildman–Crippen MR) is 94.4 cm³/mol. The molecule has 1 amide bonds. The first-order chi connectivity index (χ1) is 11.8. The zero-order valence-corrected chi connectivity index (χ0v) is 13.9. The van der Waals surface area contributed by atoms with Crippen molar-refractivity contribution in [2.24, 2.45) is 0 Å². The highest BCUT2D eigenvalue weighted by atomic mass is 16.2. The fraction of sp³-hybridized carbons (Fsp3) is 0.474. The Balaban J connectivity index is 1.44. The summed E-state index contributed by atoms with van der Waals surface area (Å²) in [6.07, 6.45) is 6.47. The summed E-state index contributed by atoms with van der Waals surface area (Å²) in [4.78, 5) is 17.2. The van der Waals surface area contributed by atoms with Gasteiger partial charge < -0.3 is 9.80 Å². The van der Waals surface area contributed by atoms with E-state index in [1.165, 1.54) is 18.5 Å². The number of hydrogen-bond acceptors (Lipinski definition) is 3. The van der Waals surface area contributed by atoms with Gasteiger partial charge in [-0.05, 0) is 56.0 Å². The van der Waals surface area contributed by atoms with Crippen molar-refractivity contribution in [3.8, 4) is 0 Å². The van der Waals surface area contributed by atoms with Gasteiger partial charge in [0, 0.05) is 55.2 Å². The number of nitrogens with one attached hydrogen (secondary N) is 1. The third kappa shape index (κ3) is 3.03. The Labute approximate surface area is 142 Å². The minimum Gasteiger partial charge on any atom is -0.372 e. The molecule has 5 nitrogen and oxygen atoms in total. The number of anilines is 1. The van der Waals surface area contributed by atoms with Gasteiger partial charge in [-0.3, -0.25) is 9.89 Å². The van der Waals surface area contributed by atoms with E-state index >= 15 is 0 Å². The summed E-state index contributed by atoms with van der Waals surface area (Å²) in [5.41, 5.74) is 3.16. The lowest BCUT2D eigenvalue weighted by Gasteiger charge is -2.32. The SMILES string of the molecule is O=C(c1ccc(N2CCCC2)cc1)N1CCC[C@H](c2ccn[nH]2)C1. The zero-order chi connectivity index (χ0) is 16.4. The van der Waals surface area contributed by atoms with Gasteiger partial charge in [0.05, 0.1) is 0 Å². The Morgan fingerprint density at radius 3 is 2.54 bits per heavy atom. The van der Waals surface area contributed by atoms with Gasteiger partial charge in [-0.15, -0.1) is 0 Å². The van der Waals surface area contributed by atoms with Crippen molar-refractivity contribution in [2.75, 3.05) is 31.1 Å². The molecule has 1 atom stereocenters. The van der Waals surface area contributed by atoms with Gasteiger partial charge in [-0.25, -0.2) is 0 Å². The molecule has 1 aromatic heterocycles. The molecule has 0 radical (unpaired) electrons. The molecular formula is C19H24N4O. The summed E-state index contributed by atoms with van der Waals surface area (Å²) in [7, 11) is 0. The van der Waals surface area contributed by atoms with Crippen molar-refractivity contribution in [3.05, 3.63) is 47.8 Å².